The van der Waals surface area contributed by atoms with Crippen LogP contribution in [0.25, 0.3) is 0 Å². The van der Waals surface area contributed by atoms with Crippen molar-refractivity contribution in [2.75, 3.05) is 5.32 Å². The zero-order valence-electron chi connectivity index (χ0n) is 10.3. The Balaban J connectivity index is 2.30. The number of aromatic hydroxyl groups is 1. The van der Waals surface area contributed by atoms with Crippen LogP contribution in [0.5, 0.6) is 5.75 Å². The van der Waals surface area contributed by atoms with Gasteiger partial charge in [-0.2, -0.15) is 13.2 Å². The van der Waals surface area contributed by atoms with Crippen LogP contribution in [0.15, 0.2) is 36.7 Å². The monoisotopic (exact) mass is 316 g/mol. The van der Waals surface area contributed by atoms with E-state index in [1.54, 1.807) is 0 Å². The predicted octanol–water partition coefficient (Wildman–Crippen LogP) is 3.71. The molecule has 0 unspecified atom stereocenters. The van der Waals surface area contributed by atoms with Crippen molar-refractivity contribution in [1.29, 1.82) is 0 Å². The van der Waals surface area contributed by atoms with Gasteiger partial charge in [-0.1, -0.05) is 11.6 Å². The van der Waals surface area contributed by atoms with Gasteiger partial charge in [-0.3, -0.25) is 9.78 Å². The van der Waals surface area contributed by atoms with Crippen LogP contribution in [0.2, 0.25) is 5.02 Å². The molecule has 0 bridgehead atoms. The Bertz CT molecular complexity index is 689. The maximum atomic E-state index is 12.7. The lowest BCUT2D eigenvalue weighted by Gasteiger charge is -2.11. The second kappa shape index (κ2) is 5.61. The summed E-state index contributed by atoms with van der Waals surface area (Å²) in [6.07, 6.45) is -2.26. The van der Waals surface area contributed by atoms with Crippen molar-refractivity contribution in [1.82, 2.24) is 4.98 Å². The first-order chi connectivity index (χ1) is 9.77. The van der Waals surface area contributed by atoms with Crippen molar-refractivity contribution in [2.45, 2.75) is 6.18 Å². The highest BCUT2D eigenvalue weighted by molar-refractivity contribution is 6.31. The molecule has 21 heavy (non-hydrogen) atoms. The number of pyridine rings is 1. The lowest BCUT2D eigenvalue weighted by molar-refractivity contribution is -0.137. The maximum absolute atomic E-state index is 12.7. The summed E-state index contributed by atoms with van der Waals surface area (Å²) in [5, 5.41) is 11.5. The topological polar surface area (TPSA) is 62.2 Å². The fourth-order valence-corrected chi connectivity index (χ4v) is 1.84. The van der Waals surface area contributed by atoms with Crippen LogP contribution in [-0.2, 0) is 6.18 Å². The molecule has 0 radical (unpaired) electrons. The Morgan fingerprint density at radius 1 is 1.29 bits per heavy atom. The summed E-state index contributed by atoms with van der Waals surface area (Å²) in [6, 6.07) is 3.91. The van der Waals surface area contributed by atoms with Crippen LogP contribution in [0.4, 0.5) is 18.9 Å². The standard InChI is InChI=1S/C13H8ClF3N2O2/c14-8-3-7(13(15,16)17)4-9(5-8)19-12(21)10-1-2-18-6-11(10)20/h1-6,20H,(H,19,21). The van der Waals surface area contributed by atoms with Gasteiger partial charge in [0, 0.05) is 16.9 Å². The molecule has 2 rings (SSSR count). The number of rotatable bonds is 2. The van der Waals surface area contributed by atoms with E-state index in [9.17, 15) is 23.1 Å². The molecule has 2 aromatic rings. The fourth-order valence-electron chi connectivity index (χ4n) is 1.60. The number of amides is 1. The summed E-state index contributed by atoms with van der Waals surface area (Å²) in [4.78, 5) is 15.5. The van der Waals surface area contributed by atoms with E-state index in [1.165, 1.54) is 18.3 Å². The van der Waals surface area contributed by atoms with Gasteiger partial charge in [0.2, 0.25) is 0 Å². The highest BCUT2D eigenvalue weighted by atomic mass is 35.5. The second-order valence-corrected chi connectivity index (χ2v) is 4.51. The molecule has 1 aromatic carbocycles. The molecule has 0 saturated heterocycles. The van der Waals surface area contributed by atoms with Gasteiger partial charge in [-0.25, -0.2) is 0 Å². The summed E-state index contributed by atoms with van der Waals surface area (Å²) >= 11 is 5.61. The predicted molar refractivity (Wildman–Crippen MR) is 70.3 cm³/mol. The van der Waals surface area contributed by atoms with E-state index < -0.39 is 17.6 Å². The van der Waals surface area contributed by atoms with Crippen molar-refractivity contribution in [3.8, 4) is 5.75 Å². The van der Waals surface area contributed by atoms with Gasteiger partial charge in [0.15, 0.2) is 0 Å². The molecular formula is C13H8ClF3N2O2. The van der Waals surface area contributed by atoms with E-state index in [0.29, 0.717) is 0 Å². The number of aromatic nitrogens is 1. The number of halogens is 4. The molecule has 8 heteroatoms. The molecule has 0 aliphatic rings. The lowest BCUT2D eigenvalue weighted by Crippen LogP contribution is -2.13. The molecule has 1 heterocycles. The second-order valence-electron chi connectivity index (χ2n) is 4.07. The quantitative estimate of drug-likeness (QED) is 0.887. The molecule has 0 aliphatic heterocycles. The summed E-state index contributed by atoms with van der Waals surface area (Å²) in [5.41, 5.74) is -1.22. The summed E-state index contributed by atoms with van der Waals surface area (Å²) in [6.45, 7) is 0. The van der Waals surface area contributed by atoms with Crippen LogP contribution >= 0.6 is 11.6 Å². The van der Waals surface area contributed by atoms with Gasteiger partial charge < -0.3 is 10.4 Å². The van der Waals surface area contributed by atoms with Crippen molar-refractivity contribution in [2.24, 2.45) is 0 Å². The molecule has 0 aliphatic carbocycles. The zero-order chi connectivity index (χ0) is 15.6. The van der Waals surface area contributed by atoms with E-state index in [4.69, 9.17) is 11.6 Å². The first-order valence-electron chi connectivity index (χ1n) is 5.59. The molecule has 1 aromatic heterocycles. The van der Waals surface area contributed by atoms with E-state index in [-0.39, 0.29) is 22.0 Å². The lowest BCUT2D eigenvalue weighted by atomic mass is 10.1. The molecule has 0 fully saturated rings. The molecule has 2 N–H and O–H groups in total. The summed E-state index contributed by atoms with van der Waals surface area (Å²) in [5.74, 6) is -1.15. The summed E-state index contributed by atoms with van der Waals surface area (Å²) in [7, 11) is 0. The van der Waals surface area contributed by atoms with E-state index >= 15 is 0 Å². The average Bonchev–Trinajstić information content (AvgIpc) is 2.37. The molecule has 1 amide bonds. The highest BCUT2D eigenvalue weighted by Crippen LogP contribution is 2.33. The Kier molecular flexibility index (Phi) is 4.04. The first kappa shape index (κ1) is 15.1. The Morgan fingerprint density at radius 3 is 2.62 bits per heavy atom. The largest absolute Gasteiger partial charge is 0.505 e. The fraction of sp³-hybridized carbons (Fsp3) is 0.0769. The molecular weight excluding hydrogens is 309 g/mol. The number of nitrogens with zero attached hydrogens (tertiary/aromatic N) is 1. The van der Waals surface area contributed by atoms with Crippen LogP contribution in [-0.4, -0.2) is 16.0 Å². The number of hydrogen-bond donors (Lipinski definition) is 2. The van der Waals surface area contributed by atoms with Crippen LogP contribution in [0.1, 0.15) is 15.9 Å². The number of benzene rings is 1. The number of nitrogens with one attached hydrogen (secondary N) is 1. The molecule has 110 valence electrons. The minimum absolute atomic E-state index is 0.112. The zero-order valence-corrected chi connectivity index (χ0v) is 11.0. The van der Waals surface area contributed by atoms with Crippen LogP contribution < -0.4 is 5.32 Å². The van der Waals surface area contributed by atoms with E-state index in [0.717, 1.165) is 18.3 Å². The Labute approximate surface area is 122 Å². The number of hydrogen-bond acceptors (Lipinski definition) is 3. The summed E-state index contributed by atoms with van der Waals surface area (Å²) < 4.78 is 38.0. The van der Waals surface area contributed by atoms with E-state index in [1.807, 2.05) is 0 Å². The van der Waals surface area contributed by atoms with Gasteiger partial charge in [-0.15, -0.1) is 0 Å². The minimum Gasteiger partial charge on any atom is -0.505 e. The number of alkyl halides is 3. The van der Waals surface area contributed by atoms with Gasteiger partial charge in [0.05, 0.1) is 17.3 Å². The van der Waals surface area contributed by atoms with Crippen molar-refractivity contribution >= 4 is 23.2 Å². The normalized spacial score (nSPS) is 11.2. The Hall–Kier alpha value is -2.28. The van der Waals surface area contributed by atoms with Gasteiger partial charge in [-0.05, 0) is 24.3 Å². The van der Waals surface area contributed by atoms with Crippen molar-refractivity contribution in [3.63, 3.8) is 0 Å². The van der Waals surface area contributed by atoms with E-state index in [2.05, 4.69) is 10.3 Å². The SMILES string of the molecule is O=C(Nc1cc(Cl)cc(C(F)(F)F)c1)c1ccncc1O. The van der Waals surface area contributed by atoms with Gasteiger partial charge in [0.1, 0.15) is 5.75 Å². The van der Waals surface area contributed by atoms with Gasteiger partial charge >= 0.3 is 6.18 Å². The molecule has 0 spiro atoms. The third kappa shape index (κ3) is 3.63. The minimum atomic E-state index is -4.58. The molecule has 0 atom stereocenters. The molecule has 0 saturated carbocycles. The van der Waals surface area contributed by atoms with Gasteiger partial charge in [0.25, 0.3) is 5.91 Å². The number of carbonyl (C=O) groups is 1. The third-order valence-electron chi connectivity index (χ3n) is 2.53. The van der Waals surface area contributed by atoms with Crippen LogP contribution in [0, 0.1) is 0 Å². The smallest absolute Gasteiger partial charge is 0.416 e. The third-order valence-corrected chi connectivity index (χ3v) is 2.75. The van der Waals surface area contributed by atoms with Crippen LogP contribution in [0.3, 0.4) is 0 Å². The Morgan fingerprint density at radius 2 is 2.00 bits per heavy atom. The highest BCUT2D eigenvalue weighted by Gasteiger charge is 2.31. The average molecular weight is 317 g/mol. The first-order valence-corrected chi connectivity index (χ1v) is 5.97. The molecule has 4 nitrogen and oxygen atoms in total. The van der Waals surface area contributed by atoms with Crippen molar-refractivity contribution < 1.29 is 23.1 Å². The maximum Gasteiger partial charge on any atom is 0.416 e. The number of carbonyl (C=O) groups excluding carboxylic acids is 1. The number of anilines is 1. The van der Waals surface area contributed by atoms with Crippen molar-refractivity contribution in [3.05, 3.63) is 52.8 Å².